The largest absolute Gasteiger partial charge is 0.508 e. The first-order valence-corrected chi connectivity index (χ1v) is 22.9. The van der Waals surface area contributed by atoms with Crippen molar-refractivity contribution in [1.29, 1.82) is 0 Å². The molecule has 350 valence electrons. The van der Waals surface area contributed by atoms with E-state index in [1.807, 2.05) is 134 Å². The monoisotopic (exact) mass is 944 g/mol. The van der Waals surface area contributed by atoms with Crippen LogP contribution < -0.4 is 20.7 Å². The molecule has 0 aliphatic rings. The summed E-state index contributed by atoms with van der Waals surface area (Å²) < 4.78 is 0. The Morgan fingerprint density at radius 2 is 0.736 bits per heavy atom. The molecule has 4 radical (unpaired) electrons. The Kier molecular flexibility index (Phi) is 13.4. The SMILES string of the molecule is [B]c1c(O)c(O)c(O)c(-c2ccc(N(c3ccc(-c4ccccc4)cc3)c3ccc(-c4ccc(N(C(/C=C\Cc5ccccc5)=C/C)c5ccc(-c6c([B])c(O)c(O)c(O)c6O)cc5)cc4)cc3)cc2)c1O. The standard InChI is InChI=1S/C60H46B2N2O8/c1-2-43(15-9-12-36-10-5-3-6-11-36)63(45-32-22-41(23-33-45)49-51(61)56(68)60(72)59(71)54(49)66)44-26-18-39(19-27-44)40-20-30-47(31-21-40)64(46-28-16-38(17-29-46)37-13-7-4-8-14-37)48-34-24-42(25-35-48)50-53(65)52(62)57(69)58(70)55(50)67/h2-11,13-35,65-72H,12H2,1H3/b15-9-,43-2+. The highest BCUT2D eigenvalue weighted by Crippen LogP contribution is 2.48. The molecule has 0 amide bonds. The highest BCUT2D eigenvalue weighted by atomic mass is 16.3. The van der Waals surface area contributed by atoms with Gasteiger partial charge in [-0.05, 0) is 130 Å². The molecule has 72 heavy (non-hydrogen) atoms. The summed E-state index contributed by atoms with van der Waals surface area (Å²) in [6.45, 7) is 1.96. The second-order valence-corrected chi connectivity index (χ2v) is 16.9. The summed E-state index contributed by atoms with van der Waals surface area (Å²) in [5, 5.41) is 83.4. The third kappa shape index (κ3) is 9.24. The zero-order chi connectivity index (χ0) is 50.6. The average molecular weight is 945 g/mol. The second-order valence-electron chi connectivity index (χ2n) is 16.9. The van der Waals surface area contributed by atoms with E-state index in [0.29, 0.717) is 17.5 Å². The van der Waals surface area contributed by atoms with Crippen molar-refractivity contribution in [2.24, 2.45) is 0 Å². The molecule has 0 fully saturated rings. The van der Waals surface area contributed by atoms with Crippen molar-refractivity contribution >= 4 is 55.1 Å². The summed E-state index contributed by atoms with van der Waals surface area (Å²) in [6.07, 6.45) is 6.89. The maximum atomic E-state index is 10.8. The Labute approximate surface area is 419 Å². The molecule has 9 aromatic carbocycles. The maximum Gasteiger partial charge on any atom is 0.204 e. The van der Waals surface area contributed by atoms with Gasteiger partial charge in [0.05, 0.1) is 5.56 Å². The molecule has 0 saturated carbocycles. The van der Waals surface area contributed by atoms with E-state index in [0.717, 1.165) is 62.0 Å². The molecule has 8 N–H and O–H groups in total. The van der Waals surface area contributed by atoms with Gasteiger partial charge in [0.1, 0.15) is 21.4 Å². The van der Waals surface area contributed by atoms with Crippen LogP contribution in [0.2, 0.25) is 0 Å². The lowest BCUT2D eigenvalue weighted by atomic mass is 9.84. The number of benzene rings is 9. The molecule has 9 rings (SSSR count). The maximum absolute atomic E-state index is 10.8. The lowest BCUT2D eigenvalue weighted by Gasteiger charge is -2.27. The van der Waals surface area contributed by atoms with E-state index in [1.54, 1.807) is 24.3 Å². The molecule has 0 aliphatic heterocycles. The fraction of sp³-hybridized carbons (Fsp3) is 0.0333. The van der Waals surface area contributed by atoms with Crippen LogP contribution >= 0.6 is 0 Å². The highest BCUT2D eigenvalue weighted by molar-refractivity contribution is 6.39. The molecule has 10 nitrogen and oxygen atoms in total. The van der Waals surface area contributed by atoms with Crippen molar-refractivity contribution in [1.82, 2.24) is 0 Å². The molecule has 9 aromatic rings. The Morgan fingerprint density at radius 1 is 0.375 bits per heavy atom. The van der Waals surface area contributed by atoms with Crippen molar-refractivity contribution in [2.45, 2.75) is 13.3 Å². The van der Waals surface area contributed by atoms with E-state index in [9.17, 15) is 40.9 Å². The van der Waals surface area contributed by atoms with Gasteiger partial charge < -0.3 is 50.7 Å². The Balaban J connectivity index is 1.05. The summed E-state index contributed by atoms with van der Waals surface area (Å²) in [5.74, 6) is -6.06. The van der Waals surface area contributed by atoms with Gasteiger partial charge in [0.2, 0.25) is 17.2 Å². The van der Waals surface area contributed by atoms with E-state index in [-0.39, 0.29) is 16.6 Å². The Bertz CT molecular complexity index is 3400. The summed E-state index contributed by atoms with van der Waals surface area (Å²) in [6, 6.07) is 58.8. The van der Waals surface area contributed by atoms with Gasteiger partial charge in [0.25, 0.3) is 0 Å². The van der Waals surface area contributed by atoms with Crippen LogP contribution in [0.1, 0.15) is 12.5 Å². The molecular weight excluding hydrogens is 898 g/mol. The minimum atomic E-state index is -0.904. The highest BCUT2D eigenvalue weighted by Gasteiger charge is 2.24. The fourth-order valence-electron chi connectivity index (χ4n) is 8.72. The first-order valence-electron chi connectivity index (χ1n) is 22.9. The topological polar surface area (TPSA) is 168 Å². The molecule has 0 saturated heterocycles. The quantitative estimate of drug-likeness (QED) is 0.0241. The van der Waals surface area contributed by atoms with Gasteiger partial charge in [0, 0.05) is 39.7 Å². The molecule has 12 heteroatoms. The number of phenols is 8. The van der Waals surface area contributed by atoms with Gasteiger partial charge in [0.15, 0.2) is 23.0 Å². The lowest BCUT2D eigenvalue weighted by Crippen LogP contribution is -2.15. The molecular formula is C60H46B2N2O8. The molecule has 0 heterocycles. The number of anilines is 5. The summed E-state index contributed by atoms with van der Waals surface area (Å²) in [7, 11) is 12.0. The predicted molar refractivity (Wildman–Crippen MR) is 289 cm³/mol. The first-order chi connectivity index (χ1) is 34.8. The van der Waals surface area contributed by atoms with E-state index >= 15 is 0 Å². The van der Waals surface area contributed by atoms with E-state index in [4.69, 9.17) is 15.7 Å². The molecule has 0 bridgehead atoms. The van der Waals surface area contributed by atoms with Crippen molar-refractivity contribution in [3.05, 3.63) is 211 Å². The van der Waals surface area contributed by atoms with Gasteiger partial charge in [-0.25, -0.2) is 0 Å². The van der Waals surface area contributed by atoms with E-state index < -0.39 is 51.5 Å². The van der Waals surface area contributed by atoms with Gasteiger partial charge in [-0.15, -0.1) is 0 Å². The number of aromatic hydroxyl groups is 8. The number of nitrogens with zero attached hydrogens (tertiary/aromatic N) is 2. The molecule has 0 unspecified atom stereocenters. The number of rotatable bonds is 13. The minimum Gasteiger partial charge on any atom is -0.508 e. The third-order valence-electron chi connectivity index (χ3n) is 12.6. The van der Waals surface area contributed by atoms with Crippen LogP contribution in [0.5, 0.6) is 46.0 Å². The van der Waals surface area contributed by atoms with Gasteiger partial charge in [-0.1, -0.05) is 133 Å². The zero-order valence-corrected chi connectivity index (χ0v) is 38.9. The Hall–Kier alpha value is -9.41. The van der Waals surface area contributed by atoms with Crippen molar-refractivity contribution < 1.29 is 40.9 Å². The Morgan fingerprint density at radius 3 is 1.21 bits per heavy atom. The lowest BCUT2D eigenvalue weighted by molar-refractivity contribution is 0.348. The number of hydrogen-bond donors (Lipinski definition) is 8. The van der Waals surface area contributed by atoms with Crippen molar-refractivity contribution in [2.75, 3.05) is 9.80 Å². The van der Waals surface area contributed by atoms with Crippen LogP contribution in [-0.4, -0.2) is 56.5 Å². The smallest absolute Gasteiger partial charge is 0.204 e. The molecule has 0 atom stereocenters. The van der Waals surface area contributed by atoms with Crippen LogP contribution in [0.25, 0.3) is 44.5 Å². The summed E-state index contributed by atoms with van der Waals surface area (Å²) in [4.78, 5) is 4.16. The van der Waals surface area contributed by atoms with Crippen LogP contribution in [0.3, 0.4) is 0 Å². The molecule has 0 spiro atoms. The second kappa shape index (κ2) is 20.3. The number of phenolic OH excluding ortho intramolecular Hbond substituents is 8. The number of hydrogen-bond acceptors (Lipinski definition) is 10. The van der Waals surface area contributed by atoms with Crippen molar-refractivity contribution in [3.63, 3.8) is 0 Å². The number of allylic oxidation sites excluding steroid dienone is 3. The van der Waals surface area contributed by atoms with Crippen LogP contribution in [0, 0.1) is 0 Å². The molecule has 0 aliphatic carbocycles. The van der Waals surface area contributed by atoms with Gasteiger partial charge >= 0.3 is 0 Å². The minimum absolute atomic E-state index is 0.0203. The predicted octanol–water partition coefficient (Wildman–Crippen LogP) is 11.9. The summed E-state index contributed by atoms with van der Waals surface area (Å²) >= 11 is 0. The van der Waals surface area contributed by atoms with Crippen LogP contribution in [0.4, 0.5) is 28.4 Å². The normalized spacial score (nSPS) is 11.5. The molecule has 0 aromatic heterocycles. The van der Waals surface area contributed by atoms with E-state index in [2.05, 4.69) is 58.4 Å². The third-order valence-corrected chi connectivity index (χ3v) is 12.6. The fourth-order valence-corrected chi connectivity index (χ4v) is 8.72. The van der Waals surface area contributed by atoms with Gasteiger partial charge in [-0.2, -0.15) is 0 Å². The van der Waals surface area contributed by atoms with E-state index in [1.165, 1.54) is 0 Å². The summed E-state index contributed by atoms with van der Waals surface area (Å²) in [5.41, 5.74) is 10.0. The van der Waals surface area contributed by atoms with Crippen molar-refractivity contribution in [3.8, 4) is 90.5 Å². The van der Waals surface area contributed by atoms with Gasteiger partial charge in [-0.3, -0.25) is 0 Å². The average Bonchev–Trinajstić information content (AvgIpc) is 3.42. The van der Waals surface area contributed by atoms with Crippen LogP contribution in [0.15, 0.2) is 206 Å². The first kappa shape index (κ1) is 47.6. The zero-order valence-electron chi connectivity index (χ0n) is 38.9. The van der Waals surface area contributed by atoms with Crippen LogP contribution in [-0.2, 0) is 6.42 Å².